The highest BCUT2D eigenvalue weighted by Crippen LogP contribution is 2.32. The van der Waals surface area contributed by atoms with Crippen LogP contribution < -0.4 is 10.1 Å². The third kappa shape index (κ3) is 4.23. The molecular formula is C16H23NO3. The Balaban J connectivity index is 1.76. The van der Waals surface area contributed by atoms with Crippen molar-refractivity contribution in [2.75, 3.05) is 26.4 Å². The van der Waals surface area contributed by atoms with Crippen LogP contribution in [-0.2, 0) is 9.53 Å². The third-order valence-corrected chi connectivity index (χ3v) is 3.50. The van der Waals surface area contributed by atoms with Crippen LogP contribution in [0.15, 0.2) is 24.3 Å². The van der Waals surface area contributed by atoms with Gasteiger partial charge in [-0.25, -0.2) is 0 Å². The Hall–Kier alpha value is -1.55. The number of unbranched alkanes of at least 4 members (excludes halogenated alkanes) is 1. The average molecular weight is 277 g/mol. The van der Waals surface area contributed by atoms with Crippen molar-refractivity contribution in [3.8, 4) is 5.75 Å². The Bertz CT molecular complexity index is 433. The molecule has 1 amide bonds. The zero-order chi connectivity index (χ0) is 14.2. The van der Waals surface area contributed by atoms with Crippen LogP contribution in [0.5, 0.6) is 5.75 Å². The minimum absolute atomic E-state index is 0.0370. The number of ether oxygens (including phenoxy) is 2. The quantitative estimate of drug-likeness (QED) is 0.779. The molecule has 0 aromatic heterocycles. The second-order valence-corrected chi connectivity index (χ2v) is 5.08. The van der Waals surface area contributed by atoms with Crippen molar-refractivity contribution in [1.82, 2.24) is 5.32 Å². The first-order valence-electron chi connectivity index (χ1n) is 7.37. The second kappa shape index (κ2) is 7.90. The van der Waals surface area contributed by atoms with Crippen molar-refractivity contribution in [2.45, 2.75) is 32.1 Å². The van der Waals surface area contributed by atoms with Crippen LogP contribution in [0.1, 0.15) is 37.7 Å². The lowest BCUT2D eigenvalue weighted by Crippen LogP contribution is -2.33. The maximum Gasteiger partial charge on any atom is 0.246 e. The molecule has 0 unspecified atom stereocenters. The number of hydrogen-bond donors (Lipinski definition) is 1. The molecule has 1 aliphatic rings. The normalized spacial score (nSPS) is 17.1. The van der Waals surface area contributed by atoms with Gasteiger partial charge in [0.2, 0.25) is 5.91 Å². The molecule has 0 aliphatic carbocycles. The summed E-state index contributed by atoms with van der Waals surface area (Å²) < 4.78 is 10.9. The number of hydrogen-bond acceptors (Lipinski definition) is 3. The van der Waals surface area contributed by atoms with Gasteiger partial charge in [0, 0.05) is 19.1 Å². The summed E-state index contributed by atoms with van der Waals surface area (Å²) in [4.78, 5) is 11.7. The summed E-state index contributed by atoms with van der Waals surface area (Å²) in [6, 6.07) is 8.04. The Morgan fingerprint density at radius 3 is 3.15 bits per heavy atom. The van der Waals surface area contributed by atoms with Gasteiger partial charge in [0.1, 0.15) is 12.4 Å². The van der Waals surface area contributed by atoms with E-state index in [9.17, 15) is 4.79 Å². The van der Waals surface area contributed by atoms with E-state index in [4.69, 9.17) is 9.47 Å². The number of benzene rings is 1. The fraction of sp³-hybridized carbons (Fsp3) is 0.562. The zero-order valence-corrected chi connectivity index (χ0v) is 12.1. The lowest BCUT2D eigenvalue weighted by Gasteiger charge is -2.26. The number of nitrogens with one attached hydrogen (secondary N) is 1. The molecule has 0 fully saturated rings. The summed E-state index contributed by atoms with van der Waals surface area (Å²) >= 11 is 0. The molecule has 0 radical (unpaired) electrons. The molecule has 0 spiro atoms. The van der Waals surface area contributed by atoms with E-state index in [1.54, 1.807) is 0 Å². The molecule has 1 N–H and O–H groups in total. The Kier molecular flexibility index (Phi) is 5.87. The number of rotatable bonds is 7. The van der Waals surface area contributed by atoms with Crippen LogP contribution in [0.25, 0.3) is 0 Å². The van der Waals surface area contributed by atoms with E-state index >= 15 is 0 Å². The predicted octanol–water partition coefficient (Wildman–Crippen LogP) is 2.49. The lowest BCUT2D eigenvalue weighted by atomic mass is 9.93. The van der Waals surface area contributed by atoms with Crippen LogP contribution in [0.4, 0.5) is 0 Å². The van der Waals surface area contributed by atoms with Crippen LogP contribution in [0, 0.1) is 0 Å². The fourth-order valence-corrected chi connectivity index (χ4v) is 2.33. The Morgan fingerprint density at radius 1 is 1.45 bits per heavy atom. The summed E-state index contributed by atoms with van der Waals surface area (Å²) in [5.74, 6) is 1.24. The van der Waals surface area contributed by atoms with Gasteiger partial charge in [-0.2, -0.15) is 0 Å². The average Bonchev–Trinajstić information content (AvgIpc) is 2.49. The van der Waals surface area contributed by atoms with Crippen LogP contribution in [0.2, 0.25) is 0 Å². The van der Waals surface area contributed by atoms with Crippen molar-refractivity contribution in [3.63, 3.8) is 0 Å². The molecule has 1 heterocycles. The van der Waals surface area contributed by atoms with Gasteiger partial charge in [-0.15, -0.1) is 0 Å². The smallest absolute Gasteiger partial charge is 0.246 e. The highest BCUT2D eigenvalue weighted by molar-refractivity contribution is 5.77. The molecule has 0 saturated carbocycles. The molecule has 2 rings (SSSR count). The number of carbonyl (C=O) groups excluding carboxylic acids is 1. The highest BCUT2D eigenvalue weighted by Gasteiger charge is 2.21. The van der Waals surface area contributed by atoms with E-state index < -0.39 is 0 Å². The largest absolute Gasteiger partial charge is 0.493 e. The first kappa shape index (κ1) is 14.9. The molecule has 1 aromatic rings. The minimum atomic E-state index is -0.0370. The first-order valence-corrected chi connectivity index (χ1v) is 7.37. The summed E-state index contributed by atoms with van der Waals surface area (Å²) in [7, 11) is 0. The van der Waals surface area contributed by atoms with Crippen LogP contribution >= 0.6 is 0 Å². The number of amides is 1. The van der Waals surface area contributed by atoms with Gasteiger partial charge in [0.15, 0.2) is 0 Å². The molecule has 20 heavy (non-hydrogen) atoms. The lowest BCUT2D eigenvalue weighted by molar-refractivity contribution is -0.125. The van der Waals surface area contributed by atoms with Crippen molar-refractivity contribution < 1.29 is 14.3 Å². The SMILES string of the molecule is CCCCOCC(=O)NC[C@@H]1CCOc2ccccc21. The second-order valence-electron chi connectivity index (χ2n) is 5.08. The summed E-state index contributed by atoms with van der Waals surface area (Å²) in [6.45, 7) is 4.28. The monoisotopic (exact) mass is 277 g/mol. The zero-order valence-electron chi connectivity index (χ0n) is 12.1. The molecule has 0 bridgehead atoms. The van der Waals surface area contributed by atoms with E-state index in [1.807, 2.05) is 18.2 Å². The van der Waals surface area contributed by atoms with Crippen LogP contribution in [-0.4, -0.2) is 32.3 Å². The molecule has 4 nitrogen and oxygen atoms in total. The predicted molar refractivity (Wildman–Crippen MR) is 78.0 cm³/mol. The van der Waals surface area contributed by atoms with Gasteiger partial charge >= 0.3 is 0 Å². The van der Waals surface area contributed by atoms with E-state index in [0.717, 1.165) is 25.0 Å². The molecule has 1 aromatic carbocycles. The summed E-state index contributed by atoms with van der Waals surface area (Å²) in [5, 5.41) is 2.95. The molecule has 4 heteroatoms. The topological polar surface area (TPSA) is 47.6 Å². The highest BCUT2D eigenvalue weighted by atomic mass is 16.5. The van der Waals surface area contributed by atoms with Gasteiger partial charge in [0.25, 0.3) is 0 Å². The summed E-state index contributed by atoms with van der Waals surface area (Å²) in [5.41, 5.74) is 1.19. The summed E-state index contributed by atoms with van der Waals surface area (Å²) in [6.07, 6.45) is 3.02. The van der Waals surface area contributed by atoms with Gasteiger partial charge in [-0.05, 0) is 24.5 Å². The van der Waals surface area contributed by atoms with E-state index in [1.165, 1.54) is 5.56 Å². The molecule has 0 saturated heterocycles. The van der Waals surface area contributed by atoms with Crippen LogP contribution in [0.3, 0.4) is 0 Å². The molecular weight excluding hydrogens is 254 g/mol. The maximum absolute atomic E-state index is 11.7. The standard InChI is InChI=1S/C16H23NO3/c1-2-3-9-19-12-16(18)17-11-13-8-10-20-15-7-5-4-6-14(13)15/h4-7,13H,2-3,8-12H2,1H3,(H,17,18)/t13-/m0/s1. The molecule has 110 valence electrons. The first-order chi connectivity index (χ1) is 9.81. The fourth-order valence-electron chi connectivity index (χ4n) is 2.33. The van der Waals surface area contributed by atoms with E-state index in [2.05, 4.69) is 18.3 Å². The van der Waals surface area contributed by atoms with Gasteiger partial charge in [-0.3, -0.25) is 4.79 Å². The van der Waals surface area contributed by atoms with Crippen molar-refractivity contribution in [2.24, 2.45) is 0 Å². The number of para-hydroxylation sites is 1. The van der Waals surface area contributed by atoms with Crippen molar-refractivity contribution in [1.29, 1.82) is 0 Å². The van der Waals surface area contributed by atoms with Crippen molar-refractivity contribution in [3.05, 3.63) is 29.8 Å². The number of fused-ring (bicyclic) bond motifs is 1. The molecule has 1 aliphatic heterocycles. The Morgan fingerprint density at radius 2 is 2.30 bits per heavy atom. The minimum Gasteiger partial charge on any atom is -0.493 e. The van der Waals surface area contributed by atoms with Gasteiger partial charge < -0.3 is 14.8 Å². The van der Waals surface area contributed by atoms with E-state index in [0.29, 0.717) is 25.7 Å². The van der Waals surface area contributed by atoms with Crippen molar-refractivity contribution >= 4 is 5.91 Å². The Labute approximate surface area is 120 Å². The maximum atomic E-state index is 11.7. The van der Waals surface area contributed by atoms with Gasteiger partial charge in [0.05, 0.1) is 6.61 Å². The number of carbonyl (C=O) groups is 1. The molecule has 1 atom stereocenters. The van der Waals surface area contributed by atoms with Gasteiger partial charge in [-0.1, -0.05) is 31.5 Å². The third-order valence-electron chi connectivity index (χ3n) is 3.50. The van der Waals surface area contributed by atoms with E-state index in [-0.39, 0.29) is 12.5 Å².